The van der Waals surface area contributed by atoms with Gasteiger partial charge in [-0.15, -0.1) is 4.91 Å². The van der Waals surface area contributed by atoms with Gasteiger partial charge in [-0.1, -0.05) is 29.0 Å². The van der Waals surface area contributed by atoms with Gasteiger partial charge in [0.2, 0.25) is 0 Å². The summed E-state index contributed by atoms with van der Waals surface area (Å²) in [5.41, 5.74) is 2.60. The normalized spacial score (nSPS) is 10.1. The maximum absolute atomic E-state index is 12.0. The molecule has 1 N–H and O–H groups in total. The Bertz CT molecular complexity index is 607. The first-order chi connectivity index (χ1) is 8.60. The quantitative estimate of drug-likeness (QED) is 0.860. The van der Waals surface area contributed by atoms with Gasteiger partial charge in [-0.05, 0) is 30.7 Å². The monoisotopic (exact) mass is 261 g/mol. The third-order valence-corrected chi connectivity index (χ3v) is 3.22. The van der Waals surface area contributed by atoms with Gasteiger partial charge in [0.05, 0.1) is 6.20 Å². The Balaban J connectivity index is 2.19. The van der Waals surface area contributed by atoms with Crippen LogP contribution >= 0.6 is 11.3 Å². The van der Waals surface area contributed by atoms with Gasteiger partial charge in [-0.25, -0.2) is 4.98 Å². The fraction of sp³-hybridized carbons (Fsp3) is 0.167. The highest BCUT2D eigenvalue weighted by Crippen LogP contribution is 2.26. The van der Waals surface area contributed by atoms with Crippen molar-refractivity contribution in [1.29, 1.82) is 0 Å². The zero-order valence-corrected chi connectivity index (χ0v) is 10.7. The Morgan fingerprint density at radius 3 is 2.78 bits per heavy atom. The topological polar surface area (TPSA) is 71.4 Å². The summed E-state index contributed by atoms with van der Waals surface area (Å²) in [6.07, 6.45) is 1.33. The van der Waals surface area contributed by atoms with Crippen molar-refractivity contribution in [2.24, 2.45) is 5.18 Å². The molecule has 0 aliphatic rings. The van der Waals surface area contributed by atoms with Crippen LogP contribution in [0.25, 0.3) is 0 Å². The average Bonchev–Trinajstić information content (AvgIpc) is 2.76. The molecule has 2 rings (SSSR count). The van der Waals surface area contributed by atoms with Crippen LogP contribution in [0.1, 0.15) is 21.5 Å². The lowest BCUT2D eigenvalue weighted by molar-refractivity contribution is 0.102. The predicted molar refractivity (Wildman–Crippen MR) is 71.4 cm³/mol. The largest absolute Gasteiger partial charge is 0.298 e. The molecule has 0 saturated carbocycles. The minimum absolute atomic E-state index is 0.237. The van der Waals surface area contributed by atoms with Crippen LogP contribution < -0.4 is 5.32 Å². The maximum Gasteiger partial charge on any atom is 0.257 e. The van der Waals surface area contributed by atoms with E-state index in [1.807, 2.05) is 26.0 Å². The molecule has 18 heavy (non-hydrogen) atoms. The summed E-state index contributed by atoms with van der Waals surface area (Å²) in [7, 11) is 0. The summed E-state index contributed by atoms with van der Waals surface area (Å²) in [5, 5.41) is 6.01. The van der Waals surface area contributed by atoms with E-state index < -0.39 is 0 Å². The van der Waals surface area contributed by atoms with Crippen LogP contribution in [0.3, 0.4) is 0 Å². The van der Waals surface area contributed by atoms with Crippen LogP contribution in [0.5, 0.6) is 0 Å². The van der Waals surface area contributed by atoms with Crippen molar-refractivity contribution in [3.05, 3.63) is 46.0 Å². The van der Waals surface area contributed by atoms with Crippen LogP contribution in [-0.2, 0) is 0 Å². The maximum atomic E-state index is 12.0. The summed E-state index contributed by atoms with van der Waals surface area (Å²) in [5.74, 6) is -0.237. The standard InChI is InChI=1S/C12H11N3O2S/c1-7-3-4-9(8(2)5-7)11(16)14-12-13-6-10(15-17)18-12/h3-6H,1-2H3,(H,13,14,16). The van der Waals surface area contributed by atoms with Crippen molar-refractivity contribution in [3.63, 3.8) is 0 Å². The SMILES string of the molecule is Cc1ccc(C(=O)Nc2ncc(N=O)s2)c(C)c1. The Morgan fingerprint density at radius 1 is 1.39 bits per heavy atom. The van der Waals surface area contributed by atoms with E-state index in [1.165, 1.54) is 6.20 Å². The molecule has 0 radical (unpaired) electrons. The molecule has 0 bridgehead atoms. The van der Waals surface area contributed by atoms with Gasteiger partial charge in [0.1, 0.15) is 0 Å². The van der Waals surface area contributed by atoms with Crippen molar-refractivity contribution in [1.82, 2.24) is 4.98 Å². The van der Waals surface area contributed by atoms with Gasteiger partial charge in [-0.2, -0.15) is 0 Å². The van der Waals surface area contributed by atoms with Gasteiger partial charge in [0.25, 0.3) is 5.91 Å². The molecule has 2 aromatic rings. The number of rotatable bonds is 3. The van der Waals surface area contributed by atoms with E-state index in [9.17, 15) is 9.70 Å². The third kappa shape index (κ3) is 2.60. The lowest BCUT2D eigenvalue weighted by atomic mass is 10.1. The molecule has 1 aromatic carbocycles. The fourth-order valence-electron chi connectivity index (χ4n) is 1.60. The van der Waals surface area contributed by atoms with Crippen LogP contribution in [0.4, 0.5) is 10.1 Å². The molecule has 0 spiro atoms. The number of carbonyl (C=O) groups is 1. The van der Waals surface area contributed by atoms with Gasteiger partial charge in [-0.3, -0.25) is 10.1 Å². The summed E-state index contributed by atoms with van der Waals surface area (Å²) in [6, 6.07) is 5.59. The van der Waals surface area contributed by atoms with E-state index >= 15 is 0 Å². The van der Waals surface area contributed by atoms with Crippen molar-refractivity contribution >= 4 is 27.4 Å². The van der Waals surface area contributed by atoms with Gasteiger partial charge < -0.3 is 0 Å². The first-order valence-corrected chi connectivity index (χ1v) is 6.09. The number of thiazole rings is 1. The van der Waals surface area contributed by atoms with E-state index in [-0.39, 0.29) is 10.9 Å². The average molecular weight is 261 g/mol. The Kier molecular flexibility index (Phi) is 3.47. The Hall–Kier alpha value is -2.08. The molecule has 92 valence electrons. The highest BCUT2D eigenvalue weighted by Gasteiger charge is 2.11. The predicted octanol–water partition coefficient (Wildman–Crippen LogP) is 3.41. The molecular weight excluding hydrogens is 250 g/mol. The number of carbonyl (C=O) groups excluding carboxylic acids is 1. The smallest absolute Gasteiger partial charge is 0.257 e. The van der Waals surface area contributed by atoms with Crippen LogP contribution in [0.2, 0.25) is 0 Å². The summed E-state index contributed by atoms with van der Waals surface area (Å²) < 4.78 is 0. The molecule has 0 aliphatic heterocycles. The van der Waals surface area contributed by atoms with Crippen LogP contribution in [0.15, 0.2) is 29.6 Å². The molecule has 5 nitrogen and oxygen atoms in total. The minimum Gasteiger partial charge on any atom is -0.298 e. The van der Waals surface area contributed by atoms with E-state index in [1.54, 1.807) is 6.07 Å². The zero-order chi connectivity index (χ0) is 13.1. The van der Waals surface area contributed by atoms with E-state index in [0.29, 0.717) is 10.7 Å². The molecule has 0 saturated heterocycles. The summed E-state index contributed by atoms with van der Waals surface area (Å²) >= 11 is 1.04. The Morgan fingerprint density at radius 2 is 2.17 bits per heavy atom. The number of nitrogens with zero attached hydrogens (tertiary/aromatic N) is 2. The first kappa shape index (κ1) is 12.4. The van der Waals surface area contributed by atoms with Gasteiger partial charge in [0, 0.05) is 5.56 Å². The fourth-order valence-corrected chi connectivity index (χ4v) is 2.19. The van der Waals surface area contributed by atoms with Crippen molar-refractivity contribution in [2.45, 2.75) is 13.8 Å². The number of hydrogen-bond acceptors (Lipinski definition) is 5. The molecule has 1 heterocycles. The minimum atomic E-state index is -0.237. The molecule has 6 heteroatoms. The van der Waals surface area contributed by atoms with Crippen LogP contribution in [0, 0.1) is 18.8 Å². The molecule has 0 atom stereocenters. The molecular formula is C12H11N3O2S. The number of hydrogen-bond donors (Lipinski definition) is 1. The second-order valence-electron chi connectivity index (χ2n) is 3.87. The number of anilines is 1. The van der Waals surface area contributed by atoms with Gasteiger partial charge in [0.15, 0.2) is 10.1 Å². The van der Waals surface area contributed by atoms with Crippen LogP contribution in [-0.4, -0.2) is 10.9 Å². The van der Waals surface area contributed by atoms with Crippen molar-refractivity contribution in [3.8, 4) is 0 Å². The lowest BCUT2D eigenvalue weighted by Crippen LogP contribution is -2.13. The lowest BCUT2D eigenvalue weighted by Gasteiger charge is -2.05. The third-order valence-electron chi connectivity index (χ3n) is 2.43. The summed E-state index contributed by atoms with van der Waals surface area (Å²) in [6.45, 7) is 3.85. The number of benzene rings is 1. The second-order valence-corrected chi connectivity index (χ2v) is 4.88. The number of amides is 1. The van der Waals surface area contributed by atoms with E-state index in [2.05, 4.69) is 15.5 Å². The first-order valence-electron chi connectivity index (χ1n) is 5.28. The Labute approximate surface area is 108 Å². The molecule has 0 fully saturated rings. The highest BCUT2D eigenvalue weighted by atomic mass is 32.1. The van der Waals surface area contributed by atoms with E-state index in [0.717, 1.165) is 22.5 Å². The molecule has 1 aromatic heterocycles. The highest BCUT2D eigenvalue weighted by molar-refractivity contribution is 7.19. The van der Waals surface area contributed by atoms with Crippen molar-refractivity contribution < 1.29 is 4.79 Å². The van der Waals surface area contributed by atoms with Crippen molar-refractivity contribution in [2.75, 3.05) is 5.32 Å². The second kappa shape index (κ2) is 5.05. The van der Waals surface area contributed by atoms with E-state index in [4.69, 9.17) is 0 Å². The molecule has 1 amide bonds. The summed E-state index contributed by atoms with van der Waals surface area (Å²) in [4.78, 5) is 26.2. The number of nitrogens with one attached hydrogen (secondary N) is 1. The zero-order valence-electron chi connectivity index (χ0n) is 9.93. The number of nitroso groups, excluding NO2 is 1. The number of aromatic nitrogens is 1. The van der Waals surface area contributed by atoms with Gasteiger partial charge >= 0.3 is 0 Å². The molecule has 0 unspecified atom stereocenters. The molecule has 0 aliphatic carbocycles. The number of aryl methyl sites for hydroxylation is 2.